The smallest absolute Gasteiger partial charge is 0.225 e. The number of hydrogen-bond donors (Lipinski definition) is 2. The first-order valence-corrected chi connectivity index (χ1v) is 10.6. The Morgan fingerprint density at radius 2 is 1.96 bits per heavy atom. The third-order valence-corrected chi connectivity index (χ3v) is 6.64. The SMILES string of the molecule is CCC1CCCC[NH+]1CCCNC(=O)C1CC(=O)N(C2CCCC2)C1. The van der Waals surface area contributed by atoms with Crippen LogP contribution in [0.25, 0.3) is 0 Å². The maximum absolute atomic E-state index is 12.4. The van der Waals surface area contributed by atoms with Gasteiger partial charge in [-0.25, -0.2) is 0 Å². The lowest BCUT2D eigenvalue weighted by atomic mass is 10.00. The molecule has 3 fully saturated rings. The minimum absolute atomic E-state index is 0.0922. The molecule has 5 heteroatoms. The molecule has 0 radical (unpaired) electrons. The van der Waals surface area contributed by atoms with Gasteiger partial charge in [0, 0.05) is 32.0 Å². The van der Waals surface area contributed by atoms with Crippen LogP contribution in [0.4, 0.5) is 0 Å². The van der Waals surface area contributed by atoms with Crippen molar-refractivity contribution in [2.24, 2.45) is 5.92 Å². The first-order chi connectivity index (χ1) is 12.2. The lowest BCUT2D eigenvalue weighted by Gasteiger charge is -2.32. The minimum Gasteiger partial charge on any atom is -0.356 e. The summed E-state index contributed by atoms with van der Waals surface area (Å²) in [5, 5.41) is 3.10. The Balaban J connectivity index is 1.36. The van der Waals surface area contributed by atoms with Crippen molar-refractivity contribution < 1.29 is 14.5 Å². The Labute approximate surface area is 152 Å². The number of likely N-dealkylation sites (tertiary alicyclic amines) is 2. The van der Waals surface area contributed by atoms with E-state index in [9.17, 15) is 9.59 Å². The summed E-state index contributed by atoms with van der Waals surface area (Å²) < 4.78 is 0. The Morgan fingerprint density at radius 3 is 2.72 bits per heavy atom. The molecule has 1 saturated carbocycles. The van der Waals surface area contributed by atoms with Crippen LogP contribution >= 0.6 is 0 Å². The summed E-state index contributed by atoms with van der Waals surface area (Å²) in [5.41, 5.74) is 0. The highest BCUT2D eigenvalue weighted by molar-refractivity contribution is 5.89. The van der Waals surface area contributed by atoms with E-state index in [-0.39, 0.29) is 17.7 Å². The summed E-state index contributed by atoms with van der Waals surface area (Å²) in [7, 11) is 0. The van der Waals surface area contributed by atoms with E-state index in [0.29, 0.717) is 19.0 Å². The van der Waals surface area contributed by atoms with E-state index >= 15 is 0 Å². The molecule has 0 aromatic rings. The first kappa shape index (κ1) is 18.7. The molecule has 0 aromatic heterocycles. The summed E-state index contributed by atoms with van der Waals surface area (Å²) in [6.45, 7) is 6.15. The van der Waals surface area contributed by atoms with Crippen LogP contribution in [0.1, 0.15) is 71.1 Å². The van der Waals surface area contributed by atoms with Gasteiger partial charge in [-0.3, -0.25) is 9.59 Å². The maximum Gasteiger partial charge on any atom is 0.225 e. The van der Waals surface area contributed by atoms with Crippen LogP contribution in [-0.2, 0) is 9.59 Å². The fraction of sp³-hybridized carbons (Fsp3) is 0.900. The van der Waals surface area contributed by atoms with Gasteiger partial charge in [-0.2, -0.15) is 0 Å². The van der Waals surface area contributed by atoms with Crippen LogP contribution < -0.4 is 10.2 Å². The van der Waals surface area contributed by atoms with E-state index in [1.807, 2.05) is 4.90 Å². The van der Waals surface area contributed by atoms with Crippen molar-refractivity contribution in [1.29, 1.82) is 0 Å². The summed E-state index contributed by atoms with van der Waals surface area (Å²) in [6, 6.07) is 1.22. The van der Waals surface area contributed by atoms with Crippen LogP contribution in [0.3, 0.4) is 0 Å². The summed E-state index contributed by atoms with van der Waals surface area (Å²) >= 11 is 0. The van der Waals surface area contributed by atoms with Gasteiger partial charge in [-0.05, 0) is 38.5 Å². The molecule has 0 bridgehead atoms. The van der Waals surface area contributed by atoms with Crippen LogP contribution in [0.5, 0.6) is 0 Å². The van der Waals surface area contributed by atoms with Crippen LogP contribution in [0, 0.1) is 5.92 Å². The monoisotopic (exact) mass is 350 g/mol. The quantitative estimate of drug-likeness (QED) is 0.677. The highest BCUT2D eigenvalue weighted by Gasteiger charge is 2.38. The molecule has 0 aromatic carbocycles. The fourth-order valence-corrected chi connectivity index (χ4v) is 5.12. The second kappa shape index (κ2) is 9.02. The van der Waals surface area contributed by atoms with E-state index in [1.54, 1.807) is 4.90 Å². The van der Waals surface area contributed by atoms with Crippen molar-refractivity contribution in [3.63, 3.8) is 0 Å². The highest BCUT2D eigenvalue weighted by atomic mass is 16.2. The Hall–Kier alpha value is -1.10. The van der Waals surface area contributed by atoms with Crippen molar-refractivity contribution in [2.75, 3.05) is 26.2 Å². The topological polar surface area (TPSA) is 53.9 Å². The van der Waals surface area contributed by atoms with Crippen molar-refractivity contribution in [3.8, 4) is 0 Å². The minimum atomic E-state index is -0.126. The summed E-state index contributed by atoms with van der Waals surface area (Å²) in [4.78, 5) is 28.4. The van der Waals surface area contributed by atoms with Gasteiger partial charge in [0.05, 0.1) is 25.0 Å². The molecule has 3 atom stereocenters. The largest absolute Gasteiger partial charge is 0.356 e. The number of nitrogens with zero attached hydrogens (tertiary/aromatic N) is 1. The second-order valence-electron chi connectivity index (χ2n) is 8.29. The van der Waals surface area contributed by atoms with Gasteiger partial charge in [0.15, 0.2) is 0 Å². The molecule has 0 spiro atoms. The molecule has 3 unspecified atom stereocenters. The van der Waals surface area contributed by atoms with Gasteiger partial charge >= 0.3 is 0 Å². The second-order valence-corrected chi connectivity index (χ2v) is 8.29. The lowest BCUT2D eigenvalue weighted by Crippen LogP contribution is -3.16. The maximum atomic E-state index is 12.4. The number of carbonyl (C=O) groups is 2. The number of carbonyl (C=O) groups excluding carboxylic acids is 2. The third kappa shape index (κ3) is 4.75. The number of amides is 2. The van der Waals surface area contributed by atoms with Crippen LogP contribution in [-0.4, -0.2) is 55.0 Å². The van der Waals surface area contributed by atoms with Crippen molar-refractivity contribution in [2.45, 2.75) is 83.2 Å². The summed E-state index contributed by atoms with van der Waals surface area (Å²) in [6.07, 6.45) is 11.5. The first-order valence-electron chi connectivity index (χ1n) is 10.6. The Kier molecular flexibility index (Phi) is 6.74. The molecule has 3 rings (SSSR count). The molecule has 2 heterocycles. The van der Waals surface area contributed by atoms with Gasteiger partial charge in [-0.15, -0.1) is 0 Å². The zero-order valence-electron chi connectivity index (χ0n) is 15.9. The standard InChI is InChI=1S/C20H35N3O2/c1-2-17-8-5-6-12-22(17)13-7-11-21-20(25)16-14-19(24)23(15-16)18-9-3-4-10-18/h16-18H,2-15H2,1H3,(H,21,25)/p+1. The zero-order chi connectivity index (χ0) is 17.6. The van der Waals surface area contributed by atoms with Crippen LogP contribution in [0.2, 0.25) is 0 Å². The van der Waals surface area contributed by atoms with Gasteiger partial charge in [-0.1, -0.05) is 19.8 Å². The molecule has 3 aliphatic rings. The Bertz CT molecular complexity index is 462. The van der Waals surface area contributed by atoms with Gasteiger partial charge in [0.1, 0.15) is 0 Å². The van der Waals surface area contributed by atoms with Crippen LogP contribution in [0.15, 0.2) is 0 Å². The van der Waals surface area contributed by atoms with Crippen molar-refractivity contribution in [3.05, 3.63) is 0 Å². The lowest BCUT2D eigenvalue weighted by molar-refractivity contribution is -0.930. The predicted octanol–water partition coefficient (Wildman–Crippen LogP) is 1.13. The molecule has 2 aliphatic heterocycles. The van der Waals surface area contributed by atoms with Gasteiger partial charge in [0.2, 0.25) is 11.8 Å². The molecular formula is C20H36N3O2+. The number of rotatable bonds is 7. The zero-order valence-corrected chi connectivity index (χ0v) is 15.9. The normalized spacial score (nSPS) is 30.8. The van der Waals surface area contributed by atoms with E-state index < -0.39 is 0 Å². The molecule has 142 valence electrons. The number of nitrogens with one attached hydrogen (secondary N) is 2. The number of hydrogen-bond acceptors (Lipinski definition) is 2. The van der Waals surface area contributed by atoms with Gasteiger partial charge in [0.25, 0.3) is 0 Å². The Morgan fingerprint density at radius 1 is 1.20 bits per heavy atom. The van der Waals surface area contributed by atoms with Crippen molar-refractivity contribution >= 4 is 11.8 Å². The fourth-order valence-electron chi connectivity index (χ4n) is 5.12. The molecule has 2 amide bonds. The average Bonchev–Trinajstić information content (AvgIpc) is 3.28. The number of quaternary nitrogens is 1. The van der Waals surface area contributed by atoms with E-state index in [2.05, 4.69) is 12.2 Å². The highest BCUT2D eigenvalue weighted by Crippen LogP contribution is 2.29. The van der Waals surface area contributed by atoms with Gasteiger partial charge < -0.3 is 15.1 Å². The van der Waals surface area contributed by atoms with Crippen molar-refractivity contribution in [1.82, 2.24) is 10.2 Å². The molecule has 2 saturated heterocycles. The summed E-state index contributed by atoms with van der Waals surface area (Å²) in [5.74, 6) is 0.156. The predicted molar refractivity (Wildman–Crippen MR) is 98.3 cm³/mol. The molecule has 25 heavy (non-hydrogen) atoms. The van der Waals surface area contributed by atoms with E-state index in [1.165, 1.54) is 45.1 Å². The van der Waals surface area contributed by atoms with E-state index in [0.717, 1.165) is 38.4 Å². The number of piperidine rings is 1. The average molecular weight is 351 g/mol. The molecule has 1 aliphatic carbocycles. The van der Waals surface area contributed by atoms with E-state index in [4.69, 9.17) is 0 Å². The molecule has 2 N–H and O–H groups in total. The molecular weight excluding hydrogens is 314 g/mol. The third-order valence-electron chi connectivity index (χ3n) is 6.64. The molecule has 5 nitrogen and oxygen atoms in total.